The zero-order valence-electron chi connectivity index (χ0n) is 14.5. The predicted molar refractivity (Wildman–Crippen MR) is 104 cm³/mol. The number of phenols is 1. The smallest absolute Gasteiger partial charge is 0.347 e. The van der Waals surface area contributed by atoms with Crippen LogP contribution in [-0.2, 0) is 0 Å². The van der Waals surface area contributed by atoms with E-state index in [1.165, 1.54) is 12.3 Å². The number of urea groups is 1. The predicted octanol–water partition coefficient (Wildman–Crippen LogP) is 2.68. The van der Waals surface area contributed by atoms with Crippen molar-refractivity contribution in [3.8, 4) is 17.0 Å². The van der Waals surface area contributed by atoms with Gasteiger partial charge in [0.2, 0.25) is 0 Å². The van der Waals surface area contributed by atoms with E-state index in [2.05, 4.69) is 20.3 Å². The van der Waals surface area contributed by atoms with Gasteiger partial charge in [-0.1, -0.05) is 29.8 Å². The van der Waals surface area contributed by atoms with E-state index in [-0.39, 0.29) is 23.1 Å². The van der Waals surface area contributed by atoms with Crippen LogP contribution in [0.15, 0.2) is 59.7 Å². The van der Waals surface area contributed by atoms with Crippen molar-refractivity contribution >= 4 is 23.4 Å². The number of phenolic OH excluding ortho intramolecular Hbond substituents is 1. The Bertz CT molecular complexity index is 1010. The Labute approximate surface area is 155 Å². The lowest BCUT2D eigenvalue weighted by Crippen LogP contribution is -2.22. The fourth-order valence-electron chi connectivity index (χ4n) is 2.36. The SMILES string of the molecule is Cc1ccc(NC(=O)/N=C(\N)c2nc(-c3ccccc3O)cnc2N)cc1. The molecule has 0 fully saturated rings. The molecule has 8 heteroatoms. The summed E-state index contributed by atoms with van der Waals surface area (Å²) in [7, 11) is 0. The van der Waals surface area contributed by atoms with Crippen LogP contribution < -0.4 is 16.8 Å². The van der Waals surface area contributed by atoms with Crippen molar-refractivity contribution in [1.82, 2.24) is 9.97 Å². The topological polar surface area (TPSA) is 140 Å². The van der Waals surface area contributed by atoms with Crippen molar-refractivity contribution in [2.45, 2.75) is 6.92 Å². The molecule has 136 valence electrons. The molecule has 0 aliphatic heterocycles. The fourth-order valence-corrected chi connectivity index (χ4v) is 2.36. The zero-order chi connectivity index (χ0) is 19.4. The van der Waals surface area contributed by atoms with Crippen molar-refractivity contribution < 1.29 is 9.90 Å². The first-order valence-electron chi connectivity index (χ1n) is 8.07. The van der Waals surface area contributed by atoms with Crippen LogP contribution in [0.2, 0.25) is 0 Å². The molecule has 2 amide bonds. The highest BCUT2D eigenvalue weighted by molar-refractivity contribution is 6.07. The second-order valence-electron chi connectivity index (χ2n) is 5.80. The number of benzene rings is 2. The Hall–Kier alpha value is -3.94. The third-order valence-corrected chi connectivity index (χ3v) is 3.75. The Kier molecular flexibility index (Phi) is 4.98. The molecule has 0 atom stereocenters. The minimum Gasteiger partial charge on any atom is -0.507 e. The summed E-state index contributed by atoms with van der Waals surface area (Å²) in [5, 5.41) is 12.6. The van der Waals surface area contributed by atoms with Crippen LogP contribution in [0.25, 0.3) is 11.3 Å². The van der Waals surface area contributed by atoms with Crippen LogP contribution in [0.3, 0.4) is 0 Å². The number of aryl methyl sites for hydroxylation is 1. The number of nitrogen functional groups attached to an aromatic ring is 1. The Morgan fingerprint density at radius 3 is 2.56 bits per heavy atom. The van der Waals surface area contributed by atoms with Crippen LogP contribution in [-0.4, -0.2) is 26.9 Å². The normalized spacial score (nSPS) is 11.2. The molecule has 0 spiro atoms. The number of amidine groups is 1. The van der Waals surface area contributed by atoms with E-state index in [0.29, 0.717) is 16.9 Å². The van der Waals surface area contributed by atoms with Crippen LogP contribution in [0.4, 0.5) is 16.3 Å². The molecule has 0 unspecified atom stereocenters. The van der Waals surface area contributed by atoms with Crippen LogP contribution in [0, 0.1) is 6.92 Å². The summed E-state index contributed by atoms with van der Waals surface area (Å²) in [6.07, 6.45) is 1.41. The molecule has 1 heterocycles. The molecular formula is C19H18N6O2. The number of carbonyl (C=O) groups is 1. The number of hydrogen-bond donors (Lipinski definition) is 4. The van der Waals surface area contributed by atoms with Crippen LogP contribution in [0.5, 0.6) is 5.75 Å². The molecule has 27 heavy (non-hydrogen) atoms. The first kappa shape index (κ1) is 17.9. The van der Waals surface area contributed by atoms with Gasteiger partial charge in [-0.25, -0.2) is 14.8 Å². The van der Waals surface area contributed by atoms with Gasteiger partial charge in [-0.05, 0) is 31.2 Å². The molecular weight excluding hydrogens is 344 g/mol. The molecule has 0 aliphatic rings. The molecule has 0 radical (unpaired) electrons. The maximum absolute atomic E-state index is 12.1. The number of rotatable bonds is 3. The third-order valence-electron chi connectivity index (χ3n) is 3.75. The van der Waals surface area contributed by atoms with Gasteiger partial charge in [-0.3, -0.25) is 0 Å². The van der Waals surface area contributed by atoms with E-state index in [1.807, 2.05) is 19.1 Å². The van der Waals surface area contributed by atoms with E-state index in [0.717, 1.165) is 5.56 Å². The van der Waals surface area contributed by atoms with Gasteiger partial charge in [0.05, 0.1) is 11.9 Å². The van der Waals surface area contributed by atoms with Crippen LogP contribution in [0.1, 0.15) is 11.3 Å². The molecule has 0 bridgehead atoms. The maximum atomic E-state index is 12.1. The lowest BCUT2D eigenvalue weighted by molar-refractivity contribution is 0.259. The van der Waals surface area contributed by atoms with E-state index < -0.39 is 6.03 Å². The molecule has 1 aromatic heterocycles. The van der Waals surface area contributed by atoms with Gasteiger partial charge in [-0.15, -0.1) is 0 Å². The first-order chi connectivity index (χ1) is 12.9. The summed E-state index contributed by atoms with van der Waals surface area (Å²) in [5.74, 6) is -0.115. The molecule has 0 saturated carbocycles. The summed E-state index contributed by atoms with van der Waals surface area (Å²) >= 11 is 0. The van der Waals surface area contributed by atoms with Gasteiger partial charge < -0.3 is 21.9 Å². The van der Waals surface area contributed by atoms with E-state index in [9.17, 15) is 9.90 Å². The highest BCUT2D eigenvalue weighted by atomic mass is 16.3. The van der Waals surface area contributed by atoms with Crippen molar-refractivity contribution in [3.63, 3.8) is 0 Å². The number of aromatic nitrogens is 2. The maximum Gasteiger partial charge on any atom is 0.347 e. The molecule has 6 N–H and O–H groups in total. The summed E-state index contributed by atoms with van der Waals surface area (Å²) in [6, 6.07) is 13.2. The monoisotopic (exact) mass is 362 g/mol. The largest absolute Gasteiger partial charge is 0.507 e. The second kappa shape index (κ2) is 7.52. The Morgan fingerprint density at radius 1 is 1.15 bits per heavy atom. The van der Waals surface area contributed by atoms with E-state index >= 15 is 0 Å². The molecule has 0 saturated heterocycles. The van der Waals surface area contributed by atoms with Crippen molar-refractivity contribution in [1.29, 1.82) is 0 Å². The molecule has 3 aromatic rings. The number of amides is 2. The summed E-state index contributed by atoms with van der Waals surface area (Å²) in [6.45, 7) is 1.95. The quantitative estimate of drug-likeness (QED) is 0.417. The van der Waals surface area contributed by atoms with Gasteiger partial charge >= 0.3 is 6.03 Å². The number of nitrogens with zero attached hydrogens (tertiary/aromatic N) is 3. The van der Waals surface area contributed by atoms with Crippen molar-refractivity contribution in [3.05, 3.63) is 66.0 Å². The third kappa shape index (κ3) is 4.18. The number of nitrogens with two attached hydrogens (primary N) is 2. The number of nitrogens with one attached hydrogen (secondary N) is 1. The minimum absolute atomic E-state index is 0.0264. The standard InChI is InChI=1S/C19H18N6O2/c1-11-6-8-12(9-7-11)23-19(27)25-18(21)16-17(20)22-10-14(24-16)13-4-2-3-5-15(13)26/h2-10,26H,1H3,(H2,20,22)(H3,21,23,25,27). The van der Waals surface area contributed by atoms with E-state index in [4.69, 9.17) is 11.5 Å². The summed E-state index contributed by atoms with van der Waals surface area (Å²) in [5.41, 5.74) is 14.3. The Balaban J connectivity index is 1.87. The Morgan fingerprint density at radius 2 is 1.85 bits per heavy atom. The second-order valence-corrected chi connectivity index (χ2v) is 5.80. The number of para-hydroxylation sites is 1. The lowest BCUT2D eigenvalue weighted by atomic mass is 10.1. The molecule has 2 aromatic carbocycles. The number of aliphatic imine (C=N–C) groups is 1. The number of anilines is 2. The highest BCUT2D eigenvalue weighted by Crippen LogP contribution is 2.27. The summed E-state index contributed by atoms with van der Waals surface area (Å²) < 4.78 is 0. The highest BCUT2D eigenvalue weighted by Gasteiger charge is 2.13. The molecule has 0 aliphatic carbocycles. The molecule has 3 rings (SSSR count). The zero-order valence-corrected chi connectivity index (χ0v) is 14.5. The van der Waals surface area contributed by atoms with Gasteiger partial charge in [0.15, 0.2) is 11.7 Å². The van der Waals surface area contributed by atoms with Crippen LogP contribution >= 0.6 is 0 Å². The number of aromatic hydroxyl groups is 1. The number of hydrogen-bond acceptors (Lipinski definition) is 5. The average Bonchev–Trinajstić information content (AvgIpc) is 2.64. The van der Waals surface area contributed by atoms with Crippen molar-refractivity contribution in [2.24, 2.45) is 10.7 Å². The van der Waals surface area contributed by atoms with Gasteiger partial charge in [0, 0.05) is 11.3 Å². The lowest BCUT2D eigenvalue weighted by Gasteiger charge is -2.08. The van der Waals surface area contributed by atoms with Gasteiger partial charge in [0.25, 0.3) is 0 Å². The van der Waals surface area contributed by atoms with Gasteiger partial charge in [0.1, 0.15) is 11.4 Å². The van der Waals surface area contributed by atoms with E-state index in [1.54, 1.807) is 30.3 Å². The summed E-state index contributed by atoms with van der Waals surface area (Å²) in [4.78, 5) is 24.2. The van der Waals surface area contributed by atoms with Gasteiger partial charge in [-0.2, -0.15) is 4.99 Å². The van der Waals surface area contributed by atoms with Crippen molar-refractivity contribution in [2.75, 3.05) is 11.1 Å². The average molecular weight is 362 g/mol. The minimum atomic E-state index is -0.662. The number of carbonyl (C=O) groups excluding carboxylic acids is 1. The first-order valence-corrected chi connectivity index (χ1v) is 8.07. The molecule has 8 nitrogen and oxygen atoms in total. The fraction of sp³-hybridized carbons (Fsp3) is 0.0526.